The molecule has 1 heterocycles. The summed E-state index contributed by atoms with van der Waals surface area (Å²) in [7, 11) is 0. The second-order valence-corrected chi connectivity index (χ2v) is 8.26. The Labute approximate surface area is 179 Å². The van der Waals surface area contributed by atoms with E-state index in [-0.39, 0.29) is 17.9 Å². The molecule has 1 aromatic heterocycles. The van der Waals surface area contributed by atoms with Crippen molar-refractivity contribution in [3.8, 4) is 5.88 Å². The van der Waals surface area contributed by atoms with E-state index in [4.69, 9.17) is 4.74 Å². The van der Waals surface area contributed by atoms with Gasteiger partial charge in [0.15, 0.2) is 5.60 Å². The molecule has 0 aliphatic rings. The molecule has 3 aromatic rings. The van der Waals surface area contributed by atoms with E-state index in [1.807, 2.05) is 49.4 Å². The van der Waals surface area contributed by atoms with Gasteiger partial charge in [-0.25, -0.2) is 4.98 Å². The quantitative estimate of drug-likeness (QED) is 0.572. The van der Waals surface area contributed by atoms with E-state index in [9.17, 15) is 4.79 Å². The van der Waals surface area contributed by atoms with Crippen LogP contribution in [0.3, 0.4) is 0 Å². The van der Waals surface area contributed by atoms with Gasteiger partial charge in [-0.1, -0.05) is 66.7 Å². The normalized spacial score (nSPS) is 13.3. The van der Waals surface area contributed by atoms with Gasteiger partial charge in [0.05, 0.1) is 0 Å². The van der Waals surface area contributed by atoms with Crippen LogP contribution in [-0.2, 0) is 11.2 Å². The highest BCUT2D eigenvalue weighted by Gasteiger charge is 2.33. The van der Waals surface area contributed by atoms with E-state index in [0.29, 0.717) is 5.88 Å². The molecule has 1 N–H and O–H groups in total. The highest BCUT2D eigenvalue weighted by Crippen LogP contribution is 2.25. The van der Waals surface area contributed by atoms with E-state index in [1.54, 1.807) is 26.1 Å². The fraction of sp³-hybridized carbons (Fsp3) is 0.308. The fourth-order valence-electron chi connectivity index (χ4n) is 3.46. The molecule has 156 valence electrons. The zero-order chi connectivity index (χ0) is 21.6. The first-order valence-electron chi connectivity index (χ1n) is 10.4. The van der Waals surface area contributed by atoms with Crippen LogP contribution < -0.4 is 10.1 Å². The van der Waals surface area contributed by atoms with Crippen molar-refractivity contribution in [3.63, 3.8) is 0 Å². The third-order valence-corrected chi connectivity index (χ3v) is 5.28. The lowest BCUT2D eigenvalue weighted by Crippen LogP contribution is -2.51. The van der Waals surface area contributed by atoms with Crippen molar-refractivity contribution in [3.05, 3.63) is 95.7 Å². The average molecular weight is 403 g/mol. The van der Waals surface area contributed by atoms with Crippen LogP contribution in [0, 0.1) is 6.92 Å². The Kier molecular flexibility index (Phi) is 6.88. The number of nitrogens with one attached hydrogen (secondary N) is 1. The van der Waals surface area contributed by atoms with Crippen molar-refractivity contribution in [1.82, 2.24) is 10.3 Å². The second-order valence-electron chi connectivity index (χ2n) is 8.26. The molecule has 0 aliphatic heterocycles. The Balaban J connectivity index is 1.74. The van der Waals surface area contributed by atoms with Crippen molar-refractivity contribution in [2.45, 2.75) is 51.7 Å². The molecule has 0 saturated carbocycles. The Morgan fingerprint density at radius 3 is 2.23 bits per heavy atom. The lowest BCUT2D eigenvalue weighted by atomic mass is 9.86. The molecular weight excluding hydrogens is 372 g/mol. The summed E-state index contributed by atoms with van der Waals surface area (Å²) in [5, 5.41) is 3.18. The Hall–Kier alpha value is -3.14. The summed E-state index contributed by atoms with van der Waals surface area (Å²) in [6, 6.07) is 24.3. The molecule has 30 heavy (non-hydrogen) atoms. The minimum atomic E-state index is -1.04. The summed E-state index contributed by atoms with van der Waals surface area (Å²) in [6.45, 7) is 7.56. The lowest BCUT2D eigenvalue weighted by molar-refractivity contribution is -0.135. The Morgan fingerprint density at radius 1 is 1.00 bits per heavy atom. The maximum atomic E-state index is 13.1. The van der Waals surface area contributed by atoms with E-state index in [2.05, 4.69) is 41.5 Å². The van der Waals surface area contributed by atoms with Crippen LogP contribution in [0.1, 0.15) is 43.4 Å². The summed E-state index contributed by atoms with van der Waals surface area (Å²) in [6.07, 6.45) is 2.57. The molecule has 4 nitrogen and oxygen atoms in total. The molecule has 0 fully saturated rings. The van der Waals surface area contributed by atoms with Crippen molar-refractivity contribution >= 4 is 5.91 Å². The number of aryl methyl sites for hydroxylation is 1. The SMILES string of the molecule is Cc1ccc(OC(C)(C)C(=O)NC(C)C(Cc2ccccc2)c2ccccc2)nc1. The van der Waals surface area contributed by atoms with Gasteiger partial charge in [-0.2, -0.15) is 0 Å². The standard InChI is InChI=1S/C26H30N2O2/c1-19-15-16-24(27-18-19)30-26(3,4)25(29)28-20(2)23(22-13-9-6-10-14-22)17-21-11-7-5-8-12-21/h5-16,18,20,23H,17H2,1-4H3,(H,28,29). The minimum Gasteiger partial charge on any atom is -0.462 e. The molecule has 0 aliphatic carbocycles. The largest absolute Gasteiger partial charge is 0.462 e. The Bertz CT molecular complexity index is 938. The molecule has 0 saturated heterocycles. The third kappa shape index (κ3) is 5.69. The number of amides is 1. The van der Waals surface area contributed by atoms with Gasteiger partial charge in [0.2, 0.25) is 5.88 Å². The molecule has 3 rings (SSSR count). The average Bonchev–Trinajstić information content (AvgIpc) is 2.74. The lowest BCUT2D eigenvalue weighted by Gasteiger charge is -2.30. The molecule has 2 aromatic carbocycles. The minimum absolute atomic E-state index is 0.0750. The first-order valence-corrected chi connectivity index (χ1v) is 10.4. The smallest absolute Gasteiger partial charge is 0.263 e. The number of carbonyl (C=O) groups excluding carboxylic acids is 1. The maximum Gasteiger partial charge on any atom is 0.263 e. The predicted octanol–water partition coefficient (Wildman–Crippen LogP) is 5.08. The first-order chi connectivity index (χ1) is 14.3. The molecule has 0 radical (unpaired) electrons. The van der Waals surface area contributed by atoms with Crippen LogP contribution >= 0.6 is 0 Å². The maximum absolute atomic E-state index is 13.1. The van der Waals surface area contributed by atoms with E-state index in [0.717, 1.165) is 12.0 Å². The number of hydrogen-bond donors (Lipinski definition) is 1. The van der Waals surface area contributed by atoms with Gasteiger partial charge in [0.25, 0.3) is 5.91 Å². The number of rotatable bonds is 8. The number of carbonyl (C=O) groups is 1. The molecule has 2 unspecified atom stereocenters. The van der Waals surface area contributed by atoms with Crippen molar-refractivity contribution in [2.75, 3.05) is 0 Å². The number of aromatic nitrogens is 1. The van der Waals surface area contributed by atoms with E-state index >= 15 is 0 Å². The van der Waals surface area contributed by atoms with Crippen molar-refractivity contribution < 1.29 is 9.53 Å². The van der Waals surface area contributed by atoms with Crippen LogP contribution in [0.2, 0.25) is 0 Å². The summed E-state index contributed by atoms with van der Waals surface area (Å²) < 4.78 is 5.90. The van der Waals surface area contributed by atoms with Gasteiger partial charge >= 0.3 is 0 Å². The molecule has 1 amide bonds. The van der Waals surface area contributed by atoms with Crippen molar-refractivity contribution in [2.24, 2.45) is 0 Å². The number of nitrogens with zero attached hydrogens (tertiary/aromatic N) is 1. The third-order valence-electron chi connectivity index (χ3n) is 5.28. The van der Waals surface area contributed by atoms with Gasteiger partial charge in [0, 0.05) is 24.2 Å². The van der Waals surface area contributed by atoms with Gasteiger partial charge in [-0.15, -0.1) is 0 Å². The topological polar surface area (TPSA) is 51.2 Å². The Morgan fingerprint density at radius 2 is 1.63 bits per heavy atom. The van der Waals surface area contributed by atoms with Crippen LogP contribution in [0.25, 0.3) is 0 Å². The highest BCUT2D eigenvalue weighted by atomic mass is 16.5. The van der Waals surface area contributed by atoms with Gasteiger partial charge < -0.3 is 10.1 Å². The van der Waals surface area contributed by atoms with Crippen LogP contribution in [0.15, 0.2) is 79.0 Å². The van der Waals surface area contributed by atoms with Crippen LogP contribution in [0.5, 0.6) is 5.88 Å². The molecule has 2 atom stereocenters. The van der Waals surface area contributed by atoms with E-state index in [1.165, 1.54) is 11.1 Å². The fourth-order valence-corrected chi connectivity index (χ4v) is 3.46. The zero-order valence-electron chi connectivity index (χ0n) is 18.1. The predicted molar refractivity (Wildman–Crippen MR) is 121 cm³/mol. The molecular formula is C26H30N2O2. The monoisotopic (exact) mass is 402 g/mol. The highest BCUT2D eigenvalue weighted by molar-refractivity contribution is 5.85. The van der Waals surface area contributed by atoms with Crippen molar-refractivity contribution in [1.29, 1.82) is 0 Å². The first kappa shape index (κ1) is 21.6. The summed E-state index contributed by atoms with van der Waals surface area (Å²) in [5.74, 6) is 0.425. The van der Waals surface area contributed by atoms with Gasteiger partial charge in [-0.05, 0) is 50.8 Å². The number of ether oxygens (including phenoxy) is 1. The van der Waals surface area contributed by atoms with Gasteiger partial charge in [-0.3, -0.25) is 4.79 Å². The van der Waals surface area contributed by atoms with Gasteiger partial charge in [0.1, 0.15) is 0 Å². The zero-order valence-corrected chi connectivity index (χ0v) is 18.1. The molecule has 4 heteroatoms. The summed E-state index contributed by atoms with van der Waals surface area (Å²) in [4.78, 5) is 17.3. The molecule has 0 bridgehead atoms. The second kappa shape index (κ2) is 9.57. The summed E-state index contributed by atoms with van der Waals surface area (Å²) >= 11 is 0. The van der Waals surface area contributed by atoms with Crippen LogP contribution in [-0.4, -0.2) is 22.5 Å². The number of pyridine rings is 1. The number of hydrogen-bond acceptors (Lipinski definition) is 3. The summed E-state index contributed by atoms with van der Waals surface area (Å²) in [5.41, 5.74) is 2.45. The molecule has 0 spiro atoms. The number of benzene rings is 2. The van der Waals surface area contributed by atoms with Crippen LogP contribution in [0.4, 0.5) is 0 Å². The van der Waals surface area contributed by atoms with E-state index < -0.39 is 5.60 Å².